The summed E-state index contributed by atoms with van der Waals surface area (Å²) >= 11 is 0. The van der Waals surface area contributed by atoms with Crippen LogP contribution in [0, 0.1) is 0 Å². The lowest BCUT2D eigenvalue weighted by Crippen LogP contribution is -2.39. The number of rotatable bonds is 8. The molecule has 0 saturated carbocycles. The van der Waals surface area contributed by atoms with Gasteiger partial charge in [-0.15, -0.1) is 0 Å². The second-order valence-corrected chi connectivity index (χ2v) is 6.66. The van der Waals surface area contributed by atoms with Crippen LogP contribution in [0.1, 0.15) is 47.7 Å². The molecule has 1 aromatic heterocycles. The molecule has 0 saturated heterocycles. The van der Waals surface area contributed by atoms with E-state index in [1.54, 1.807) is 0 Å². The van der Waals surface area contributed by atoms with E-state index in [1.165, 1.54) is 12.3 Å². The summed E-state index contributed by atoms with van der Waals surface area (Å²) in [6.45, 7) is 1.25. The molecule has 0 aliphatic heterocycles. The molecule has 0 radical (unpaired) electrons. The highest BCUT2D eigenvalue weighted by Gasteiger charge is 2.38. The number of carbonyl (C=O) groups excluding carboxylic acids is 2. The molecule has 0 fully saturated rings. The van der Waals surface area contributed by atoms with Crippen molar-refractivity contribution in [3.8, 4) is 0 Å². The number of anilines is 1. The Morgan fingerprint density at radius 3 is 2.13 bits per heavy atom. The average Bonchev–Trinajstić information content (AvgIpc) is 3.18. The number of hydrogen-bond donors (Lipinski definition) is 1. The van der Waals surface area contributed by atoms with Gasteiger partial charge in [-0.1, -0.05) is 24.9 Å². The van der Waals surface area contributed by atoms with Crippen LogP contribution in [0.2, 0.25) is 0 Å². The summed E-state index contributed by atoms with van der Waals surface area (Å²) in [5, 5.41) is 5.78. The number of hydrogen-bond acceptors (Lipinski definition) is 4. The summed E-state index contributed by atoms with van der Waals surface area (Å²) in [6, 6.07) is 1.96. The maximum Gasteiger partial charge on any atom is 0.416 e. The predicted molar refractivity (Wildman–Crippen MR) is 97.0 cm³/mol. The number of amides is 2. The minimum Gasteiger partial charge on any atom is -0.363 e. The fourth-order valence-electron chi connectivity index (χ4n) is 2.70. The summed E-state index contributed by atoms with van der Waals surface area (Å²) in [5.41, 5.74) is -4.02. The van der Waals surface area contributed by atoms with Gasteiger partial charge in [-0.2, -0.15) is 26.3 Å². The summed E-state index contributed by atoms with van der Waals surface area (Å²) in [6.07, 6.45) is -7.20. The normalized spacial score (nSPS) is 12.0. The molecule has 0 atom stereocenters. The SMILES string of the molecule is CCCCCN(CC(=O)Nc1ccon1)C(=O)c1cc(C(F)(F)F)cc(C(F)(F)F)c1. The Labute approximate surface area is 173 Å². The van der Waals surface area contributed by atoms with Gasteiger partial charge in [0.25, 0.3) is 5.91 Å². The van der Waals surface area contributed by atoms with Crippen molar-refractivity contribution in [2.75, 3.05) is 18.4 Å². The molecule has 170 valence electrons. The highest BCUT2D eigenvalue weighted by molar-refractivity contribution is 5.99. The van der Waals surface area contributed by atoms with Crippen LogP contribution < -0.4 is 5.32 Å². The van der Waals surface area contributed by atoms with Crippen molar-refractivity contribution in [3.05, 3.63) is 47.2 Å². The second kappa shape index (κ2) is 9.84. The van der Waals surface area contributed by atoms with E-state index in [0.29, 0.717) is 25.0 Å². The molecule has 0 unspecified atom stereocenters. The third-order valence-electron chi connectivity index (χ3n) is 4.19. The molecule has 2 aromatic rings. The van der Waals surface area contributed by atoms with Crippen molar-refractivity contribution >= 4 is 17.6 Å². The molecular formula is C19H19F6N3O3. The van der Waals surface area contributed by atoms with Gasteiger partial charge >= 0.3 is 12.4 Å². The number of alkyl halides is 6. The highest BCUT2D eigenvalue weighted by atomic mass is 19.4. The number of nitrogens with one attached hydrogen (secondary N) is 1. The van der Waals surface area contributed by atoms with Crippen LogP contribution in [0.4, 0.5) is 32.2 Å². The van der Waals surface area contributed by atoms with E-state index in [9.17, 15) is 35.9 Å². The molecule has 1 N–H and O–H groups in total. The van der Waals surface area contributed by atoms with Crippen LogP contribution in [-0.4, -0.2) is 35.0 Å². The lowest BCUT2D eigenvalue weighted by Gasteiger charge is -2.23. The van der Waals surface area contributed by atoms with Crippen LogP contribution in [0.15, 0.2) is 35.1 Å². The van der Waals surface area contributed by atoms with Crippen molar-refractivity contribution in [3.63, 3.8) is 0 Å². The number of carbonyl (C=O) groups is 2. The molecule has 0 bridgehead atoms. The van der Waals surface area contributed by atoms with Gasteiger partial charge in [0.15, 0.2) is 5.82 Å². The van der Waals surface area contributed by atoms with E-state index in [1.807, 2.05) is 6.92 Å². The van der Waals surface area contributed by atoms with Gasteiger partial charge in [0, 0.05) is 18.2 Å². The summed E-state index contributed by atoms with van der Waals surface area (Å²) < 4.78 is 83.1. The van der Waals surface area contributed by atoms with Crippen LogP contribution in [0.25, 0.3) is 0 Å². The third kappa shape index (κ3) is 7.00. The summed E-state index contributed by atoms with van der Waals surface area (Å²) in [5.74, 6) is -1.81. The van der Waals surface area contributed by atoms with Crippen LogP contribution in [0.3, 0.4) is 0 Å². The Bertz CT molecular complexity index is 862. The predicted octanol–water partition coefficient (Wildman–Crippen LogP) is 4.98. The number of benzene rings is 1. The molecule has 0 aliphatic carbocycles. The zero-order valence-corrected chi connectivity index (χ0v) is 16.3. The molecule has 6 nitrogen and oxygen atoms in total. The maximum atomic E-state index is 13.1. The quantitative estimate of drug-likeness (QED) is 0.454. The van der Waals surface area contributed by atoms with E-state index >= 15 is 0 Å². The van der Waals surface area contributed by atoms with Crippen LogP contribution >= 0.6 is 0 Å². The molecule has 1 heterocycles. The number of unbranched alkanes of at least 4 members (excludes halogenated alkanes) is 2. The lowest BCUT2D eigenvalue weighted by molar-refractivity contribution is -0.143. The largest absolute Gasteiger partial charge is 0.416 e. The van der Waals surface area contributed by atoms with Crippen molar-refractivity contribution in [2.45, 2.75) is 38.5 Å². The van der Waals surface area contributed by atoms with E-state index in [2.05, 4.69) is 15.0 Å². The first-order valence-electron chi connectivity index (χ1n) is 9.20. The van der Waals surface area contributed by atoms with Crippen molar-refractivity contribution < 1.29 is 40.5 Å². The number of aromatic nitrogens is 1. The number of nitrogens with zero attached hydrogens (tertiary/aromatic N) is 2. The van der Waals surface area contributed by atoms with Gasteiger partial charge in [0.2, 0.25) is 5.91 Å². The van der Waals surface area contributed by atoms with E-state index in [0.717, 1.165) is 11.3 Å². The van der Waals surface area contributed by atoms with E-state index < -0.39 is 47.4 Å². The summed E-state index contributed by atoms with van der Waals surface area (Å²) in [7, 11) is 0. The molecule has 2 amide bonds. The molecule has 0 spiro atoms. The van der Waals surface area contributed by atoms with Gasteiger partial charge in [0.1, 0.15) is 12.8 Å². The Kier molecular flexibility index (Phi) is 7.69. The van der Waals surface area contributed by atoms with Crippen molar-refractivity contribution in [1.82, 2.24) is 10.1 Å². The topological polar surface area (TPSA) is 75.4 Å². The Hall–Kier alpha value is -3.05. The van der Waals surface area contributed by atoms with E-state index in [-0.39, 0.29) is 18.4 Å². The van der Waals surface area contributed by atoms with Gasteiger partial charge in [-0.25, -0.2) is 0 Å². The zero-order valence-electron chi connectivity index (χ0n) is 16.3. The Balaban J connectivity index is 2.34. The van der Waals surface area contributed by atoms with Gasteiger partial charge < -0.3 is 14.7 Å². The fraction of sp³-hybridized carbons (Fsp3) is 0.421. The molecular weight excluding hydrogens is 432 g/mol. The van der Waals surface area contributed by atoms with Gasteiger partial charge in [0.05, 0.1) is 11.1 Å². The maximum absolute atomic E-state index is 13.1. The first-order chi connectivity index (χ1) is 14.4. The fourth-order valence-corrected chi connectivity index (χ4v) is 2.70. The smallest absolute Gasteiger partial charge is 0.363 e. The zero-order chi connectivity index (χ0) is 23.2. The van der Waals surface area contributed by atoms with Gasteiger partial charge in [-0.05, 0) is 24.6 Å². The second-order valence-electron chi connectivity index (χ2n) is 6.66. The average molecular weight is 451 g/mol. The minimum absolute atomic E-state index is 0.0312. The molecule has 1 aromatic carbocycles. The molecule has 0 aliphatic rings. The standard InChI is InChI=1S/C19H19F6N3O3/c1-2-3-4-6-28(11-16(29)26-15-5-7-31-27-15)17(30)12-8-13(18(20,21)22)10-14(9-12)19(23,24)25/h5,7-10H,2-4,6,11H2,1H3,(H,26,27,29). The lowest BCUT2D eigenvalue weighted by atomic mass is 10.0. The molecule has 31 heavy (non-hydrogen) atoms. The van der Waals surface area contributed by atoms with E-state index in [4.69, 9.17) is 0 Å². The van der Waals surface area contributed by atoms with Crippen LogP contribution in [-0.2, 0) is 17.1 Å². The Morgan fingerprint density at radius 2 is 1.65 bits per heavy atom. The summed E-state index contributed by atoms with van der Waals surface area (Å²) in [4.78, 5) is 25.9. The van der Waals surface area contributed by atoms with Gasteiger partial charge in [-0.3, -0.25) is 9.59 Å². The molecule has 2 rings (SSSR count). The first kappa shape index (κ1) is 24.2. The highest BCUT2D eigenvalue weighted by Crippen LogP contribution is 2.36. The van der Waals surface area contributed by atoms with Crippen molar-refractivity contribution in [1.29, 1.82) is 0 Å². The van der Waals surface area contributed by atoms with Crippen molar-refractivity contribution in [2.24, 2.45) is 0 Å². The minimum atomic E-state index is -5.09. The van der Waals surface area contributed by atoms with Crippen LogP contribution in [0.5, 0.6) is 0 Å². The first-order valence-corrected chi connectivity index (χ1v) is 9.20. The Morgan fingerprint density at radius 1 is 1.03 bits per heavy atom. The monoisotopic (exact) mass is 451 g/mol. The number of halogens is 6. The third-order valence-corrected chi connectivity index (χ3v) is 4.19. The molecule has 12 heteroatoms.